The van der Waals surface area contributed by atoms with Crippen molar-refractivity contribution in [3.8, 4) is 11.4 Å². The van der Waals surface area contributed by atoms with Crippen LogP contribution in [0, 0.1) is 6.92 Å². The van der Waals surface area contributed by atoms with Crippen molar-refractivity contribution in [3.05, 3.63) is 58.3 Å². The van der Waals surface area contributed by atoms with Crippen LogP contribution < -0.4 is 15.4 Å². The molecule has 2 aromatic heterocycles. The number of nitrogens with one attached hydrogen (secondary N) is 2. The summed E-state index contributed by atoms with van der Waals surface area (Å²) >= 11 is 1.68. The van der Waals surface area contributed by atoms with E-state index in [4.69, 9.17) is 4.74 Å². The third kappa shape index (κ3) is 5.30. The number of methoxy groups -OCH3 is 1. The van der Waals surface area contributed by atoms with Gasteiger partial charge in [0.15, 0.2) is 5.96 Å². The Morgan fingerprint density at radius 3 is 2.67 bits per heavy atom. The van der Waals surface area contributed by atoms with Crippen molar-refractivity contribution in [2.45, 2.75) is 19.9 Å². The molecule has 2 N–H and O–H groups in total. The molecule has 0 aliphatic heterocycles. The van der Waals surface area contributed by atoms with Gasteiger partial charge in [0.1, 0.15) is 5.75 Å². The van der Waals surface area contributed by atoms with Gasteiger partial charge in [-0.1, -0.05) is 0 Å². The zero-order valence-electron chi connectivity index (χ0n) is 15.8. The first-order valence-corrected chi connectivity index (χ1v) is 9.60. The Morgan fingerprint density at radius 1 is 1.19 bits per heavy atom. The SMILES string of the molecule is CN=C(NCCc1csc(C)n1)NCc1ccn(-c2ccc(OC)cc2)n1. The predicted octanol–water partition coefficient (Wildman–Crippen LogP) is 2.55. The lowest BCUT2D eigenvalue weighted by atomic mass is 10.3. The number of guanidine groups is 1. The van der Waals surface area contributed by atoms with E-state index >= 15 is 0 Å². The number of thiazole rings is 1. The summed E-state index contributed by atoms with van der Waals surface area (Å²) in [6.45, 7) is 3.40. The molecular formula is C19H24N6OS. The molecule has 27 heavy (non-hydrogen) atoms. The molecule has 3 rings (SSSR count). The van der Waals surface area contributed by atoms with Crippen molar-refractivity contribution in [2.75, 3.05) is 20.7 Å². The Morgan fingerprint density at radius 2 is 2.00 bits per heavy atom. The molecule has 142 valence electrons. The molecule has 8 heteroatoms. The summed E-state index contributed by atoms with van der Waals surface area (Å²) in [5.74, 6) is 1.58. The van der Waals surface area contributed by atoms with Crippen molar-refractivity contribution < 1.29 is 4.74 Å². The van der Waals surface area contributed by atoms with Crippen molar-refractivity contribution in [2.24, 2.45) is 4.99 Å². The fourth-order valence-corrected chi connectivity index (χ4v) is 3.21. The standard InChI is InChI=1S/C19H24N6OS/c1-14-23-16(13-27-14)8-10-21-19(20-2)22-12-15-9-11-25(24-15)17-4-6-18(26-3)7-5-17/h4-7,9,11,13H,8,10,12H2,1-3H3,(H2,20,21,22). The minimum Gasteiger partial charge on any atom is -0.497 e. The van der Waals surface area contributed by atoms with Gasteiger partial charge in [0.25, 0.3) is 0 Å². The summed E-state index contributed by atoms with van der Waals surface area (Å²) in [7, 11) is 3.42. The molecule has 0 saturated heterocycles. The summed E-state index contributed by atoms with van der Waals surface area (Å²) in [6, 6.07) is 9.78. The van der Waals surface area contributed by atoms with E-state index < -0.39 is 0 Å². The molecular weight excluding hydrogens is 360 g/mol. The van der Waals surface area contributed by atoms with Crippen LogP contribution in [0.5, 0.6) is 5.75 Å². The largest absolute Gasteiger partial charge is 0.497 e. The third-order valence-corrected chi connectivity index (χ3v) is 4.80. The van der Waals surface area contributed by atoms with Crippen molar-refractivity contribution in [1.82, 2.24) is 25.4 Å². The molecule has 0 spiro atoms. The maximum Gasteiger partial charge on any atom is 0.191 e. The highest BCUT2D eigenvalue weighted by molar-refractivity contribution is 7.09. The quantitative estimate of drug-likeness (QED) is 0.484. The first-order chi connectivity index (χ1) is 13.2. The Labute approximate surface area is 163 Å². The minimum absolute atomic E-state index is 0.596. The third-order valence-electron chi connectivity index (χ3n) is 3.98. The lowest BCUT2D eigenvalue weighted by molar-refractivity contribution is 0.414. The predicted molar refractivity (Wildman–Crippen MR) is 109 cm³/mol. The molecule has 0 unspecified atom stereocenters. The van der Waals surface area contributed by atoms with E-state index in [0.29, 0.717) is 6.54 Å². The summed E-state index contributed by atoms with van der Waals surface area (Å²) in [5.41, 5.74) is 3.03. The van der Waals surface area contributed by atoms with Gasteiger partial charge in [0.05, 0.1) is 35.7 Å². The number of rotatable bonds is 7. The first-order valence-electron chi connectivity index (χ1n) is 8.72. The number of hydrogen-bond acceptors (Lipinski definition) is 5. The molecule has 0 saturated carbocycles. The van der Waals surface area contributed by atoms with Crippen LogP contribution in [-0.4, -0.2) is 41.4 Å². The highest BCUT2D eigenvalue weighted by Crippen LogP contribution is 2.14. The average Bonchev–Trinajstić information content (AvgIpc) is 3.33. The smallest absolute Gasteiger partial charge is 0.191 e. The van der Waals surface area contributed by atoms with Gasteiger partial charge in [0, 0.05) is 31.6 Å². The fraction of sp³-hybridized carbons (Fsp3) is 0.316. The molecule has 1 aromatic carbocycles. The summed E-state index contributed by atoms with van der Waals surface area (Å²) in [5, 5.41) is 14.4. The molecule has 0 bridgehead atoms. The Bertz CT molecular complexity index is 884. The molecule has 0 amide bonds. The molecule has 0 atom stereocenters. The monoisotopic (exact) mass is 384 g/mol. The highest BCUT2D eigenvalue weighted by atomic mass is 32.1. The lowest BCUT2D eigenvalue weighted by Gasteiger charge is -2.10. The Balaban J connectivity index is 1.48. The summed E-state index contributed by atoms with van der Waals surface area (Å²) < 4.78 is 7.03. The van der Waals surface area contributed by atoms with Gasteiger partial charge >= 0.3 is 0 Å². The molecule has 0 radical (unpaired) electrons. The second-order valence-corrected chi connectivity index (χ2v) is 6.97. The Kier molecular flexibility index (Phi) is 6.43. The van der Waals surface area contributed by atoms with Gasteiger partial charge in [-0.15, -0.1) is 11.3 Å². The molecule has 0 fully saturated rings. The van der Waals surface area contributed by atoms with Gasteiger partial charge < -0.3 is 15.4 Å². The lowest BCUT2D eigenvalue weighted by Crippen LogP contribution is -2.38. The van der Waals surface area contributed by atoms with Crippen LogP contribution in [0.15, 0.2) is 46.9 Å². The van der Waals surface area contributed by atoms with Gasteiger partial charge in [-0.25, -0.2) is 9.67 Å². The number of hydrogen-bond donors (Lipinski definition) is 2. The number of aliphatic imine (C=N–C) groups is 1. The summed E-state index contributed by atoms with van der Waals surface area (Å²) in [6.07, 6.45) is 2.82. The molecule has 7 nitrogen and oxygen atoms in total. The number of benzene rings is 1. The van der Waals surface area contributed by atoms with Crippen molar-refractivity contribution in [3.63, 3.8) is 0 Å². The highest BCUT2D eigenvalue weighted by Gasteiger charge is 2.04. The second kappa shape index (κ2) is 9.18. The second-order valence-electron chi connectivity index (χ2n) is 5.91. The van der Waals surface area contributed by atoms with E-state index in [2.05, 4.69) is 31.1 Å². The molecule has 3 aromatic rings. The minimum atomic E-state index is 0.596. The van der Waals surface area contributed by atoms with Crippen LogP contribution in [0.1, 0.15) is 16.4 Å². The zero-order chi connectivity index (χ0) is 19.1. The molecule has 0 aliphatic rings. The zero-order valence-corrected chi connectivity index (χ0v) is 16.6. The van der Waals surface area contributed by atoms with E-state index in [1.807, 2.05) is 48.1 Å². The number of ether oxygens (including phenoxy) is 1. The van der Waals surface area contributed by atoms with E-state index in [1.54, 1.807) is 25.5 Å². The molecule has 0 aliphatic carbocycles. The number of nitrogens with zero attached hydrogens (tertiary/aromatic N) is 4. The van der Waals surface area contributed by atoms with Crippen LogP contribution >= 0.6 is 11.3 Å². The maximum absolute atomic E-state index is 5.19. The van der Waals surface area contributed by atoms with Crippen LogP contribution in [-0.2, 0) is 13.0 Å². The van der Waals surface area contributed by atoms with E-state index in [0.717, 1.165) is 46.8 Å². The first kappa shape index (κ1) is 18.9. The van der Waals surface area contributed by atoms with E-state index in [9.17, 15) is 0 Å². The Hall–Kier alpha value is -2.87. The van der Waals surface area contributed by atoms with Gasteiger partial charge in [-0.3, -0.25) is 4.99 Å². The van der Waals surface area contributed by atoms with Crippen molar-refractivity contribution >= 4 is 17.3 Å². The van der Waals surface area contributed by atoms with Gasteiger partial charge in [-0.2, -0.15) is 5.10 Å². The van der Waals surface area contributed by atoms with Gasteiger partial charge in [0.2, 0.25) is 0 Å². The normalized spacial score (nSPS) is 11.4. The van der Waals surface area contributed by atoms with E-state index in [1.165, 1.54) is 0 Å². The van der Waals surface area contributed by atoms with Crippen LogP contribution in [0.3, 0.4) is 0 Å². The fourth-order valence-electron chi connectivity index (χ4n) is 2.56. The number of aryl methyl sites for hydroxylation is 1. The number of aromatic nitrogens is 3. The molecule has 2 heterocycles. The average molecular weight is 385 g/mol. The van der Waals surface area contributed by atoms with Crippen LogP contribution in [0.4, 0.5) is 0 Å². The summed E-state index contributed by atoms with van der Waals surface area (Å²) in [4.78, 5) is 8.72. The maximum atomic E-state index is 5.19. The van der Waals surface area contributed by atoms with Crippen LogP contribution in [0.25, 0.3) is 5.69 Å². The van der Waals surface area contributed by atoms with E-state index in [-0.39, 0.29) is 0 Å². The van der Waals surface area contributed by atoms with Gasteiger partial charge in [-0.05, 0) is 37.3 Å². The topological polar surface area (TPSA) is 76.4 Å². The van der Waals surface area contributed by atoms with Crippen molar-refractivity contribution in [1.29, 1.82) is 0 Å². The van der Waals surface area contributed by atoms with Crippen LogP contribution in [0.2, 0.25) is 0 Å².